The molecule has 3 aromatic rings. The van der Waals surface area contributed by atoms with E-state index in [0.29, 0.717) is 38.8 Å². The third-order valence-corrected chi connectivity index (χ3v) is 9.84. The first-order valence-electron chi connectivity index (χ1n) is 16.2. The van der Waals surface area contributed by atoms with Gasteiger partial charge in [0.15, 0.2) is 0 Å². The molecule has 1 saturated carbocycles. The molecular formula is C36H45N7O2. The van der Waals surface area contributed by atoms with Gasteiger partial charge >= 0.3 is 6.01 Å². The molecule has 6 rings (SSSR count). The van der Waals surface area contributed by atoms with Crippen LogP contribution >= 0.6 is 0 Å². The molecule has 0 bridgehead atoms. The monoisotopic (exact) mass is 607 g/mol. The number of aryl methyl sites for hydroxylation is 1. The van der Waals surface area contributed by atoms with Crippen molar-refractivity contribution in [2.75, 3.05) is 56.2 Å². The van der Waals surface area contributed by atoms with Crippen molar-refractivity contribution in [1.29, 1.82) is 5.26 Å². The van der Waals surface area contributed by atoms with Crippen molar-refractivity contribution in [3.05, 3.63) is 65.9 Å². The van der Waals surface area contributed by atoms with Crippen molar-refractivity contribution in [1.82, 2.24) is 19.8 Å². The quantitative estimate of drug-likeness (QED) is 0.294. The normalized spacial score (nSPS) is 18.6. The summed E-state index contributed by atoms with van der Waals surface area (Å²) in [4.78, 5) is 31.5. The number of hydrogen-bond donors (Lipinski definition) is 0. The number of ether oxygens (including phenoxy) is 1. The maximum atomic E-state index is 12.6. The average molecular weight is 608 g/mol. The number of carbonyl (C=O) groups excluding carboxylic acids is 1. The van der Waals surface area contributed by atoms with Crippen molar-refractivity contribution in [3.63, 3.8) is 0 Å². The molecule has 2 aromatic carbocycles. The molecular weight excluding hydrogens is 562 g/mol. The number of hydrogen-bond acceptors (Lipinski definition) is 8. The third-order valence-electron chi connectivity index (χ3n) is 9.84. The molecule has 2 aliphatic heterocycles. The molecule has 3 heterocycles. The average Bonchev–Trinajstić information content (AvgIpc) is 3.87. The van der Waals surface area contributed by atoms with Crippen LogP contribution in [-0.4, -0.2) is 83.6 Å². The smallest absolute Gasteiger partial charge is 0.318 e. The Balaban J connectivity index is 1.33. The summed E-state index contributed by atoms with van der Waals surface area (Å²) in [5.74, 6) is 1.52. The predicted octanol–water partition coefficient (Wildman–Crippen LogP) is 5.12. The van der Waals surface area contributed by atoms with Crippen molar-refractivity contribution < 1.29 is 9.53 Å². The van der Waals surface area contributed by atoms with Crippen LogP contribution < -0.4 is 14.5 Å². The van der Waals surface area contributed by atoms with Gasteiger partial charge < -0.3 is 19.4 Å². The minimum absolute atomic E-state index is 0.137. The molecule has 0 spiro atoms. The van der Waals surface area contributed by atoms with Gasteiger partial charge in [0.25, 0.3) is 0 Å². The third kappa shape index (κ3) is 6.48. The van der Waals surface area contributed by atoms with Crippen LogP contribution in [0.1, 0.15) is 49.9 Å². The van der Waals surface area contributed by atoms with E-state index in [-0.39, 0.29) is 23.9 Å². The molecule has 9 heteroatoms. The topological polar surface area (TPSA) is 88.8 Å². The van der Waals surface area contributed by atoms with E-state index in [1.165, 1.54) is 40.9 Å². The fourth-order valence-electron chi connectivity index (χ4n) is 6.71. The molecule has 3 aliphatic rings. The number of benzene rings is 2. The van der Waals surface area contributed by atoms with Gasteiger partial charge in [-0.1, -0.05) is 36.9 Å². The molecule has 1 saturated heterocycles. The van der Waals surface area contributed by atoms with Crippen LogP contribution in [0.3, 0.4) is 0 Å². The van der Waals surface area contributed by atoms with Crippen molar-refractivity contribution >= 4 is 28.2 Å². The van der Waals surface area contributed by atoms with Crippen molar-refractivity contribution in [3.8, 4) is 12.1 Å². The van der Waals surface area contributed by atoms with E-state index in [4.69, 9.17) is 14.7 Å². The lowest BCUT2D eigenvalue weighted by molar-refractivity contribution is -0.128. The first kappa shape index (κ1) is 30.8. The molecule has 1 aliphatic carbocycles. The number of piperazine rings is 1. The van der Waals surface area contributed by atoms with Gasteiger partial charge in [0, 0.05) is 54.9 Å². The Morgan fingerprint density at radius 2 is 1.93 bits per heavy atom. The zero-order valence-corrected chi connectivity index (χ0v) is 27.1. The van der Waals surface area contributed by atoms with Gasteiger partial charge in [-0.3, -0.25) is 9.69 Å². The number of fused-ring (bicyclic) bond motifs is 2. The lowest BCUT2D eigenvalue weighted by Crippen LogP contribution is -2.55. The first-order valence-corrected chi connectivity index (χ1v) is 16.2. The lowest BCUT2D eigenvalue weighted by Gasteiger charge is -2.42. The fourth-order valence-corrected chi connectivity index (χ4v) is 6.71. The van der Waals surface area contributed by atoms with Crippen molar-refractivity contribution in [2.24, 2.45) is 5.92 Å². The Morgan fingerprint density at radius 3 is 2.67 bits per heavy atom. The molecule has 9 nitrogen and oxygen atoms in total. The van der Waals surface area contributed by atoms with E-state index in [1.54, 1.807) is 4.90 Å². The van der Waals surface area contributed by atoms with Crippen molar-refractivity contribution in [2.45, 2.75) is 64.6 Å². The minimum atomic E-state index is -0.238. The number of anilines is 2. The summed E-state index contributed by atoms with van der Waals surface area (Å²) >= 11 is 0. The highest BCUT2D eigenvalue weighted by molar-refractivity contribution is 5.97. The maximum absolute atomic E-state index is 12.6. The van der Waals surface area contributed by atoms with Crippen LogP contribution in [0, 0.1) is 24.2 Å². The Bertz CT molecular complexity index is 1620. The number of amides is 1. The van der Waals surface area contributed by atoms with E-state index in [9.17, 15) is 10.1 Å². The summed E-state index contributed by atoms with van der Waals surface area (Å²) in [6.07, 6.45) is 5.00. The first-order chi connectivity index (χ1) is 21.7. The molecule has 1 atom stereocenters. The molecule has 236 valence electrons. The maximum Gasteiger partial charge on any atom is 0.318 e. The summed E-state index contributed by atoms with van der Waals surface area (Å²) in [6.45, 7) is 14.9. The highest BCUT2D eigenvalue weighted by Crippen LogP contribution is 2.36. The minimum Gasteiger partial charge on any atom is -0.461 e. The molecule has 1 amide bonds. The largest absolute Gasteiger partial charge is 0.461 e. The summed E-state index contributed by atoms with van der Waals surface area (Å²) < 4.78 is 6.43. The number of rotatable bonds is 10. The second-order valence-corrected chi connectivity index (χ2v) is 13.5. The zero-order chi connectivity index (χ0) is 31.7. The van der Waals surface area contributed by atoms with Crippen LogP contribution in [0.5, 0.6) is 6.01 Å². The highest BCUT2D eigenvalue weighted by Gasteiger charge is 2.35. The number of aromatic nitrogens is 2. The molecule has 2 fully saturated rings. The van der Waals surface area contributed by atoms with E-state index >= 15 is 0 Å². The van der Waals surface area contributed by atoms with Gasteiger partial charge in [0.1, 0.15) is 12.4 Å². The van der Waals surface area contributed by atoms with Gasteiger partial charge in [-0.2, -0.15) is 15.2 Å². The standard InChI is InChI=1S/C36H45N7O2/c1-6-32(44)43-20-19-42(22-28(43)15-17-37)34-29-16-18-41(31-12-8-11-27-10-7-9-25(2)33(27)31)23-30(29)38-35(39-34)45-24-36(3,4)40(5)21-26-13-14-26/h6-12,26,28H,1,13-16,18-24H2,2-5H3. The van der Waals surface area contributed by atoms with Crippen LogP contribution in [0.4, 0.5) is 11.5 Å². The van der Waals surface area contributed by atoms with E-state index in [0.717, 1.165) is 42.5 Å². The number of carbonyl (C=O) groups is 1. The summed E-state index contributed by atoms with van der Waals surface area (Å²) in [5, 5.41) is 12.1. The Morgan fingerprint density at radius 1 is 1.16 bits per heavy atom. The molecule has 0 N–H and O–H groups in total. The molecule has 0 radical (unpaired) electrons. The van der Waals surface area contributed by atoms with E-state index in [1.807, 2.05) is 0 Å². The highest BCUT2D eigenvalue weighted by atomic mass is 16.5. The summed E-state index contributed by atoms with van der Waals surface area (Å²) in [7, 11) is 2.17. The molecule has 1 unspecified atom stereocenters. The van der Waals surface area contributed by atoms with Crippen LogP contribution in [-0.2, 0) is 17.8 Å². The van der Waals surface area contributed by atoms with Gasteiger partial charge in [0.05, 0.1) is 30.8 Å². The summed E-state index contributed by atoms with van der Waals surface area (Å²) in [6, 6.07) is 15.4. The van der Waals surface area contributed by atoms with Crippen LogP contribution in [0.2, 0.25) is 0 Å². The number of nitrogens with zero attached hydrogens (tertiary/aromatic N) is 7. The van der Waals surface area contributed by atoms with Gasteiger partial charge in [-0.15, -0.1) is 0 Å². The number of nitriles is 1. The van der Waals surface area contributed by atoms with Crippen LogP contribution in [0.25, 0.3) is 10.8 Å². The predicted molar refractivity (Wildman–Crippen MR) is 179 cm³/mol. The summed E-state index contributed by atoms with van der Waals surface area (Å²) in [5.41, 5.74) is 4.39. The lowest BCUT2D eigenvalue weighted by atomic mass is 9.99. The zero-order valence-electron chi connectivity index (χ0n) is 27.1. The molecule has 1 aromatic heterocycles. The number of likely N-dealkylation sites (N-methyl/N-ethyl adjacent to an activating group) is 1. The van der Waals surface area contributed by atoms with Crippen LogP contribution in [0.15, 0.2) is 49.1 Å². The Hall–Kier alpha value is -4.16. The Labute approximate surface area is 267 Å². The fraction of sp³-hybridized carbons (Fsp3) is 0.500. The van der Waals surface area contributed by atoms with E-state index in [2.05, 4.69) is 91.6 Å². The molecule has 45 heavy (non-hydrogen) atoms. The Kier molecular flexibility index (Phi) is 8.69. The van der Waals surface area contributed by atoms with E-state index < -0.39 is 0 Å². The second-order valence-electron chi connectivity index (χ2n) is 13.5. The SMILES string of the molecule is C=CC(=O)N1CCN(c2nc(OCC(C)(C)N(C)CC3CC3)nc3c2CCN(c2cccc4cccc(C)c24)C3)CC1CC#N. The van der Waals surface area contributed by atoms with Gasteiger partial charge in [-0.05, 0) is 76.1 Å². The second kappa shape index (κ2) is 12.7. The van der Waals surface area contributed by atoms with Gasteiger partial charge in [-0.25, -0.2) is 0 Å². The van der Waals surface area contributed by atoms with Gasteiger partial charge in [0.2, 0.25) is 5.91 Å².